The Kier molecular flexibility index (Phi) is 7.33. The normalized spacial score (nSPS) is 27.9. The second-order valence-electron chi connectivity index (χ2n) is 14.9. The Balaban J connectivity index is 0.891. The Bertz CT molecular complexity index is 1620. The van der Waals surface area contributed by atoms with Gasteiger partial charge in [0.25, 0.3) is 0 Å². The number of anilines is 3. The first-order chi connectivity index (χ1) is 23.1. The molecular weight excluding hydrogens is 635 g/mol. The summed E-state index contributed by atoms with van der Waals surface area (Å²) in [7, 11) is 0. The van der Waals surface area contributed by atoms with Crippen LogP contribution in [0.4, 0.5) is 16.7 Å². The van der Waals surface area contributed by atoms with Crippen molar-refractivity contribution >= 4 is 39.8 Å². The molecule has 3 aromatic heterocycles. The van der Waals surface area contributed by atoms with Gasteiger partial charge in [0.1, 0.15) is 16.5 Å². The lowest BCUT2D eigenvalue weighted by atomic mass is 9.87. The fraction of sp³-hybridized carbons (Fsp3) is 0.735. The molecule has 7 aliphatic heterocycles. The zero-order valence-corrected chi connectivity index (χ0v) is 29.0. The van der Waals surface area contributed by atoms with Crippen molar-refractivity contribution in [2.75, 3.05) is 79.7 Å². The van der Waals surface area contributed by atoms with Crippen LogP contribution in [0.5, 0.6) is 0 Å². The van der Waals surface area contributed by atoms with Gasteiger partial charge in [-0.15, -0.1) is 11.3 Å². The van der Waals surface area contributed by atoms with Crippen molar-refractivity contribution in [2.24, 2.45) is 0 Å². The minimum absolute atomic E-state index is 0.335. The van der Waals surface area contributed by atoms with Crippen molar-refractivity contribution in [3.63, 3.8) is 0 Å². The van der Waals surface area contributed by atoms with E-state index in [1.807, 2.05) is 11.3 Å². The van der Waals surface area contributed by atoms with Crippen molar-refractivity contribution in [3.8, 4) is 0 Å². The highest BCUT2D eigenvalue weighted by atomic mass is 32.2. The Labute approximate surface area is 284 Å². The van der Waals surface area contributed by atoms with Crippen molar-refractivity contribution < 1.29 is 18.6 Å². The Morgan fingerprint density at radius 1 is 0.872 bits per heavy atom. The second-order valence-corrected chi connectivity index (χ2v) is 17.2. The molecule has 4 saturated heterocycles. The van der Waals surface area contributed by atoms with Gasteiger partial charge in [-0.2, -0.15) is 16.9 Å². The van der Waals surface area contributed by atoms with Crippen LogP contribution in [0.1, 0.15) is 84.8 Å². The molecule has 0 aromatic carbocycles. The molecule has 0 spiro atoms. The summed E-state index contributed by atoms with van der Waals surface area (Å²) in [6.07, 6.45) is 4.16. The van der Waals surface area contributed by atoms with Crippen LogP contribution >= 0.6 is 23.1 Å². The van der Waals surface area contributed by atoms with Crippen LogP contribution in [0, 0.1) is 0 Å². The first kappa shape index (κ1) is 29.6. The third kappa shape index (κ3) is 4.96. The number of aromatic nitrogens is 4. The van der Waals surface area contributed by atoms with E-state index in [2.05, 4.69) is 51.1 Å². The van der Waals surface area contributed by atoms with Crippen molar-refractivity contribution in [2.45, 2.75) is 93.1 Å². The van der Waals surface area contributed by atoms with Gasteiger partial charge < -0.3 is 33.3 Å². The van der Waals surface area contributed by atoms with Crippen LogP contribution in [0.25, 0.3) is 0 Å². The van der Waals surface area contributed by atoms with E-state index in [4.69, 9.17) is 33.7 Å². The number of rotatable bonds is 11. The molecule has 11 nitrogen and oxygen atoms in total. The molecule has 252 valence electrons. The molecule has 0 amide bonds. The number of hydrogen-bond acceptors (Lipinski definition) is 12. The average Bonchev–Trinajstić information content (AvgIpc) is 3.76. The first-order valence-electron chi connectivity index (χ1n) is 17.8. The van der Waals surface area contributed by atoms with E-state index in [1.165, 1.54) is 39.4 Å². The predicted octanol–water partition coefficient (Wildman–Crippen LogP) is 4.59. The zero-order valence-electron chi connectivity index (χ0n) is 27.4. The van der Waals surface area contributed by atoms with Crippen LogP contribution in [0.2, 0.25) is 0 Å². The van der Waals surface area contributed by atoms with Gasteiger partial charge in [0.15, 0.2) is 5.89 Å². The third-order valence-electron chi connectivity index (χ3n) is 11.6. The SMILES string of the molecule is CC(C)c1nc2c(s1)N(C1COC1)CC2CCc1nc2c(o1)N(C1COC1)CC2CC(c1cc2n(n1)CCN2C1COC1)C1CCS1. The van der Waals surface area contributed by atoms with Gasteiger partial charge >= 0.3 is 0 Å². The van der Waals surface area contributed by atoms with Crippen LogP contribution in [-0.4, -0.2) is 108 Å². The fourth-order valence-electron chi connectivity index (χ4n) is 8.40. The zero-order chi connectivity index (χ0) is 31.2. The number of fused-ring (bicyclic) bond motifs is 3. The number of thiazole rings is 1. The highest BCUT2D eigenvalue weighted by Gasteiger charge is 2.45. The van der Waals surface area contributed by atoms with E-state index < -0.39 is 0 Å². The van der Waals surface area contributed by atoms with Crippen molar-refractivity contribution in [1.82, 2.24) is 19.7 Å². The lowest BCUT2D eigenvalue weighted by Gasteiger charge is -2.36. The molecule has 4 unspecified atom stereocenters. The lowest BCUT2D eigenvalue weighted by molar-refractivity contribution is 0.00711. The van der Waals surface area contributed by atoms with E-state index in [0.717, 1.165) is 103 Å². The van der Waals surface area contributed by atoms with Crippen LogP contribution in [0.15, 0.2) is 10.5 Å². The largest absolute Gasteiger partial charge is 0.425 e. The highest BCUT2D eigenvalue weighted by molar-refractivity contribution is 8.01. The number of hydrogen-bond donors (Lipinski definition) is 0. The van der Waals surface area contributed by atoms with Gasteiger partial charge in [-0.3, -0.25) is 0 Å². The molecule has 0 bridgehead atoms. The number of oxazole rings is 1. The van der Waals surface area contributed by atoms with E-state index in [1.54, 1.807) is 0 Å². The molecule has 0 aliphatic carbocycles. The summed E-state index contributed by atoms with van der Waals surface area (Å²) in [6.45, 7) is 13.4. The van der Waals surface area contributed by atoms with Gasteiger partial charge in [0, 0.05) is 61.0 Å². The maximum Gasteiger partial charge on any atom is 0.220 e. The standard InChI is InChI=1S/C34H45N7O4S2/c1-19(2)32-36-31-20(11-40(34(31)47-32)24-17-44-18-24)3-4-28-35-30-21(12-39(33(30)45-28)23-15-43-16-23)9-25(27-5-8-46-27)26-10-29-38(22-13-42-14-22)6-7-41(29)37-26/h10,19-25,27H,3-9,11-18H2,1-2H3. The second kappa shape index (κ2) is 11.6. The number of ether oxygens (including phenoxy) is 3. The summed E-state index contributed by atoms with van der Waals surface area (Å²) < 4.78 is 25.7. The van der Waals surface area contributed by atoms with Crippen LogP contribution in [0.3, 0.4) is 0 Å². The molecule has 0 saturated carbocycles. The molecule has 0 N–H and O–H groups in total. The maximum absolute atomic E-state index is 6.69. The van der Waals surface area contributed by atoms with E-state index >= 15 is 0 Å². The van der Waals surface area contributed by atoms with Crippen LogP contribution < -0.4 is 14.7 Å². The molecule has 47 heavy (non-hydrogen) atoms. The first-order valence-corrected chi connectivity index (χ1v) is 19.7. The summed E-state index contributed by atoms with van der Waals surface area (Å²) in [4.78, 5) is 18.0. The van der Waals surface area contributed by atoms with Gasteiger partial charge in [-0.25, -0.2) is 14.6 Å². The predicted molar refractivity (Wildman–Crippen MR) is 183 cm³/mol. The summed E-state index contributed by atoms with van der Waals surface area (Å²) in [6, 6.07) is 3.76. The van der Waals surface area contributed by atoms with E-state index in [9.17, 15) is 0 Å². The molecule has 0 radical (unpaired) electrons. The molecule has 10 rings (SSSR count). The Morgan fingerprint density at radius 3 is 2.28 bits per heavy atom. The monoisotopic (exact) mass is 679 g/mol. The average molecular weight is 680 g/mol. The van der Waals surface area contributed by atoms with Gasteiger partial charge in [-0.1, -0.05) is 13.8 Å². The maximum atomic E-state index is 6.69. The smallest absolute Gasteiger partial charge is 0.220 e. The summed E-state index contributed by atoms with van der Waals surface area (Å²) in [5, 5.41) is 8.46. The van der Waals surface area contributed by atoms with Crippen molar-refractivity contribution in [1.29, 1.82) is 0 Å². The van der Waals surface area contributed by atoms with Gasteiger partial charge in [-0.05, 0) is 25.0 Å². The van der Waals surface area contributed by atoms with Gasteiger partial charge in [0.2, 0.25) is 5.88 Å². The van der Waals surface area contributed by atoms with E-state index in [-0.39, 0.29) is 0 Å². The number of nitrogens with zero attached hydrogens (tertiary/aromatic N) is 7. The minimum atomic E-state index is 0.335. The molecule has 4 fully saturated rings. The fourth-order valence-corrected chi connectivity index (χ4v) is 10.6. The Morgan fingerprint density at radius 2 is 1.60 bits per heavy atom. The molecule has 13 heteroatoms. The van der Waals surface area contributed by atoms with Gasteiger partial charge in [0.05, 0.1) is 80.7 Å². The summed E-state index contributed by atoms with van der Waals surface area (Å²) in [5.74, 6) is 6.01. The van der Waals surface area contributed by atoms with E-state index in [0.29, 0.717) is 47.0 Å². The molecule has 4 atom stereocenters. The third-order valence-corrected chi connectivity index (χ3v) is 14.4. The Hall–Kier alpha value is -2.32. The lowest BCUT2D eigenvalue weighted by Crippen LogP contribution is -2.48. The molecular formula is C34H45N7O4S2. The number of aryl methyl sites for hydroxylation is 1. The topological polar surface area (TPSA) is 94.1 Å². The molecule has 3 aromatic rings. The van der Waals surface area contributed by atoms with Crippen LogP contribution in [-0.2, 0) is 27.2 Å². The highest BCUT2D eigenvalue weighted by Crippen LogP contribution is 2.50. The molecule has 10 heterocycles. The number of thioether (sulfide) groups is 1. The summed E-state index contributed by atoms with van der Waals surface area (Å²) in [5.41, 5.74) is 3.71. The minimum Gasteiger partial charge on any atom is -0.425 e. The quantitative estimate of drug-likeness (QED) is 0.285. The van der Waals surface area contributed by atoms with Crippen molar-refractivity contribution in [3.05, 3.63) is 34.0 Å². The molecule has 7 aliphatic rings. The summed E-state index contributed by atoms with van der Waals surface area (Å²) >= 11 is 4.00.